The highest BCUT2D eigenvalue weighted by molar-refractivity contribution is 5.85. The smallest absolute Gasteiger partial charge is 0.130 e. The van der Waals surface area contributed by atoms with Crippen LogP contribution < -0.4 is 14.8 Å². The quantitative estimate of drug-likeness (QED) is 0.797. The molecule has 28 heavy (non-hydrogen) atoms. The van der Waals surface area contributed by atoms with Crippen molar-refractivity contribution < 1.29 is 9.47 Å². The lowest BCUT2D eigenvalue weighted by Crippen LogP contribution is -2.38. The van der Waals surface area contributed by atoms with E-state index in [-0.39, 0.29) is 12.4 Å². The summed E-state index contributed by atoms with van der Waals surface area (Å²) < 4.78 is 11.6. The second kappa shape index (κ2) is 9.59. The van der Waals surface area contributed by atoms with E-state index < -0.39 is 0 Å². The molecule has 0 radical (unpaired) electrons. The Morgan fingerprint density at radius 1 is 1.14 bits per heavy atom. The third kappa shape index (κ3) is 4.96. The van der Waals surface area contributed by atoms with Gasteiger partial charge in [0.25, 0.3) is 0 Å². The van der Waals surface area contributed by atoms with Crippen LogP contribution >= 0.6 is 12.4 Å². The Morgan fingerprint density at radius 3 is 2.75 bits per heavy atom. The third-order valence-corrected chi connectivity index (χ3v) is 5.94. The maximum absolute atomic E-state index is 6.12. The number of hydrogen-bond donors (Lipinski definition) is 1. The Morgan fingerprint density at radius 2 is 2.00 bits per heavy atom. The Kier molecular flexibility index (Phi) is 7.16. The summed E-state index contributed by atoms with van der Waals surface area (Å²) >= 11 is 0. The molecule has 0 bridgehead atoms. The van der Waals surface area contributed by atoms with Crippen molar-refractivity contribution in [2.24, 2.45) is 5.41 Å². The van der Waals surface area contributed by atoms with Gasteiger partial charge in [0, 0.05) is 24.8 Å². The average molecular weight is 404 g/mol. The van der Waals surface area contributed by atoms with Crippen molar-refractivity contribution in [1.29, 1.82) is 0 Å². The van der Waals surface area contributed by atoms with E-state index in [0.29, 0.717) is 12.0 Å². The van der Waals surface area contributed by atoms with E-state index >= 15 is 0 Å². The Balaban J connectivity index is 0.00000225. The van der Waals surface area contributed by atoms with Crippen LogP contribution in [-0.2, 0) is 13.2 Å². The van der Waals surface area contributed by atoms with Gasteiger partial charge in [0.1, 0.15) is 18.1 Å². The minimum Gasteiger partial charge on any atom is -0.497 e. The summed E-state index contributed by atoms with van der Waals surface area (Å²) in [7, 11) is 1.72. The molecule has 152 valence electrons. The van der Waals surface area contributed by atoms with Gasteiger partial charge >= 0.3 is 0 Å². The van der Waals surface area contributed by atoms with E-state index in [0.717, 1.165) is 43.4 Å². The zero-order valence-electron chi connectivity index (χ0n) is 16.5. The van der Waals surface area contributed by atoms with E-state index in [1.54, 1.807) is 13.3 Å². The standard InChI is InChI=1S/C22H29N3O2.ClH/c1-26-20-5-6-21(27-16-19-4-2-3-10-24-19)18(14-20)15-25-13-9-22(17-25)7-11-23-12-8-22;/h2-6,10,14,23H,7-9,11-13,15-17H2,1H3;1H. The van der Waals surface area contributed by atoms with Gasteiger partial charge in [-0.25, -0.2) is 0 Å². The van der Waals surface area contributed by atoms with Crippen LogP contribution in [0.1, 0.15) is 30.5 Å². The Hall–Kier alpha value is -1.82. The van der Waals surface area contributed by atoms with Crippen LogP contribution in [0.2, 0.25) is 0 Å². The summed E-state index contributed by atoms with van der Waals surface area (Å²) in [5, 5.41) is 3.50. The summed E-state index contributed by atoms with van der Waals surface area (Å²) in [6.45, 7) is 6.05. The summed E-state index contributed by atoms with van der Waals surface area (Å²) in [5.74, 6) is 1.80. The fraction of sp³-hybridized carbons (Fsp3) is 0.500. The summed E-state index contributed by atoms with van der Waals surface area (Å²) in [5.41, 5.74) is 2.64. The van der Waals surface area contributed by atoms with Gasteiger partial charge in [-0.3, -0.25) is 9.88 Å². The molecule has 0 unspecified atom stereocenters. The second-order valence-corrected chi connectivity index (χ2v) is 7.79. The molecule has 2 aliphatic heterocycles. The first-order valence-electron chi connectivity index (χ1n) is 9.89. The third-order valence-electron chi connectivity index (χ3n) is 5.94. The first-order chi connectivity index (χ1) is 13.3. The number of benzene rings is 1. The minimum absolute atomic E-state index is 0. The topological polar surface area (TPSA) is 46.6 Å². The highest BCUT2D eigenvalue weighted by Crippen LogP contribution is 2.39. The van der Waals surface area contributed by atoms with Crippen molar-refractivity contribution in [2.75, 3.05) is 33.3 Å². The number of nitrogens with one attached hydrogen (secondary N) is 1. The van der Waals surface area contributed by atoms with Gasteiger partial charge in [-0.2, -0.15) is 0 Å². The van der Waals surface area contributed by atoms with Crippen LogP contribution in [0.5, 0.6) is 11.5 Å². The van der Waals surface area contributed by atoms with Gasteiger partial charge in [0.15, 0.2) is 0 Å². The van der Waals surface area contributed by atoms with Crippen LogP contribution in [0.3, 0.4) is 0 Å². The lowest BCUT2D eigenvalue weighted by atomic mass is 9.78. The highest BCUT2D eigenvalue weighted by atomic mass is 35.5. The molecular weight excluding hydrogens is 374 g/mol. The number of aromatic nitrogens is 1. The number of piperidine rings is 1. The minimum atomic E-state index is 0. The Bertz CT molecular complexity index is 751. The van der Waals surface area contributed by atoms with Crippen LogP contribution in [0, 0.1) is 5.41 Å². The number of rotatable bonds is 6. The molecule has 2 aliphatic rings. The molecule has 0 amide bonds. The van der Waals surface area contributed by atoms with Crippen molar-refractivity contribution in [1.82, 2.24) is 15.2 Å². The summed E-state index contributed by atoms with van der Waals surface area (Å²) in [6.07, 6.45) is 5.70. The molecule has 3 heterocycles. The number of halogens is 1. The van der Waals surface area contributed by atoms with Crippen LogP contribution in [0.4, 0.5) is 0 Å². The average Bonchev–Trinajstić information content (AvgIpc) is 3.10. The van der Waals surface area contributed by atoms with Crippen molar-refractivity contribution in [3.63, 3.8) is 0 Å². The summed E-state index contributed by atoms with van der Waals surface area (Å²) in [6, 6.07) is 12.0. The molecule has 4 rings (SSSR count). The largest absolute Gasteiger partial charge is 0.497 e. The SMILES string of the molecule is COc1ccc(OCc2ccccn2)c(CN2CCC3(CCNCC3)C2)c1.Cl. The van der Waals surface area contributed by atoms with E-state index in [9.17, 15) is 0 Å². The highest BCUT2D eigenvalue weighted by Gasteiger charge is 2.38. The Labute approximate surface area is 173 Å². The van der Waals surface area contributed by atoms with Gasteiger partial charge < -0.3 is 14.8 Å². The molecule has 5 nitrogen and oxygen atoms in total. The van der Waals surface area contributed by atoms with Gasteiger partial charge in [0.2, 0.25) is 0 Å². The summed E-state index contributed by atoms with van der Waals surface area (Å²) in [4.78, 5) is 6.93. The molecule has 6 heteroatoms. The lowest BCUT2D eigenvalue weighted by Gasteiger charge is -2.34. The van der Waals surface area contributed by atoms with E-state index in [4.69, 9.17) is 9.47 Å². The molecule has 1 N–H and O–H groups in total. The van der Waals surface area contributed by atoms with Gasteiger partial charge in [-0.05, 0) is 74.6 Å². The van der Waals surface area contributed by atoms with Crippen molar-refractivity contribution in [2.45, 2.75) is 32.4 Å². The predicted molar refractivity (Wildman–Crippen MR) is 113 cm³/mol. The molecule has 2 aromatic rings. The number of nitrogens with zero attached hydrogens (tertiary/aromatic N) is 2. The molecule has 0 aliphatic carbocycles. The monoisotopic (exact) mass is 403 g/mol. The molecule has 0 atom stereocenters. The molecule has 1 spiro atoms. The molecule has 1 aromatic heterocycles. The van der Waals surface area contributed by atoms with E-state index in [2.05, 4.69) is 21.3 Å². The van der Waals surface area contributed by atoms with Crippen molar-refractivity contribution >= 4 is 12.4 Å². The van der Waals surface area contributed by atoms with Gasteiger partial charge in [-0.1, -0.05) is 6.07 Å². The zero-order chi connectivity index (χ0) is 18.5. The van der Waals surface area contributed by atoms with E-state index in [1.165, 1.54) is 31.4 Å². The molecular formula is C22H30ClN3O2. The zero-order valence-corrected chi connectivity index (χ0v) is 17.3. The number of ether oxygens (including phenoxy) is 2. The van der Waals surface area contributed by atoms with Crippen molar-refractivity contribution in [3.8, 4) is 11.5 Å². The number of hydrogen-bond acceptors (Lipinski definition) is 5. The fourth-order valence-corrected chi connectivity index (χ4v) is 4.35. The van der Waals surface area contributed by atoms with Crippen LogP contribution in [0.15, 0.2) is 42.6 Å². The maximum atomic E-state index is 6.12. The second-order valence-electron chi connectivity index (χ2n) is 7.79. The normalized spacial score (nSPS) is 18.6. The predicted octanol–water partition coefficient (Wildman–Crippen LogP) is 3.67. The molecule has 2 saturated heterocycles. The molecule has 2 fully saturated rings. The lowest BCUT2D eigenvalue weighted by molar-refractivity contribution is 0.192. The number of methoxy groups -OCH3 is 1. The van der Waals surface area contributed by atoms with Gasteiger partial charge in [-0.15, -0.1) is 12.4 Å². The van der Waals surface area contributed by atoms with Crippen LogP contribution in [-0.4, -0.2) is 43.2 Å². The van der Waals surface area contributed by atoms with E-state index in [1.807, 2.05) is 30.3 Å². The fourth-order valence-electron chi connectivity index (χ4n) is 4.35. The number of pyridine rings is 1. The molecule has 1 aromatic carbocycles. The molecule has 0 saturated carbocycles. The van der Waals surface area contributed by atoms with Crippen molar-refractivity contribution in [3.05, 3.63) is 53.9 Å². The maximum Gasteiger partial charge on any atom is 0.130 e. The number of likely N-dealkylation sites (tertiary alicyclic amines) is 1. The first-order valence-corrected chi connectivity index (χ1v) is 9.89. The van der Waals surface area contributed by atoms with Gasteiger partial charge in [0.05, 0.1) is 12.8 Å². The van der Waals surface area contributed by atoms with Crippen LogP contribution in [0.25, 0.3) is 0 Å². The first kappa shape index (κ1) is 20.9.